The van der Waals surface area contributed by atoms with Crippen molar-refractivity contribution in [1.29, 1.82) is 0 Å². The molecule has 0 heterocycles. The Kier molecular flexibility index (Phi) is 4.99. The minimum absolute atomic E-state index is 0.0842. The summed E-state index contributed by atoms with van der Waals surface area (Å²) in [6.45, 7) is 8.31. The van der Waals surface area contributed by atoms with E-state index < -0.39 is 0 Å². The van der Waals surface area contributed by atoms with E-state index in [1.807, 2.05) is 13.8 Å². The normalized spacial score (nSPS) is 26.2. The average Bonchev–Trinajstić information content (AvgIpc) is 2.12. The van der Waals surface area contributed by atoms with Crippen molar-refractivity contribution in [1.82, 2.24) is 10.2 Å². The molecular weight excluding hydrogens is 212 g/mol. The number of carbonyl (C=O) groups excluding carboxylic acids is 1. The van der Waals surface area contributed by atoms with Gasteiger partial charge in [-0.3, -0.25) is 4.79 Å². The smallest absolute Gasteiger partial charge is 0.222 e. The highest BCUT2D eigenvalue weighted by atomic mass is 16.1. The molecule has 1 aliphatic rings. The van der Waals surface area contributed by atoms with E-state index in [0.29, 0.717) is 23.9 Å². The lowest BCUT2D eigenvalue weighted by Crippen LogP contribution is -2.53. The molecule has 3 nitrogen and oxygen atoms in total. The van der Waals surface area contributed by atoms with Crippen LogP contribution in [0.15, 0.2) is 0 Å². The van der Waals surface area contributed by atoms with Crippen LogP contribution in [0.1, 0.15) is 40.5 Å². The van der Waals surface area contributed by atoms with Crippen LogP contribution >= 0.6 is 0 Å². The van der Waals surface area contributed by atoms with Gasteiger partial charge in [-0.05, 0) is 38.8 Å². The van der Waals surface area contributed by atoms with Gasteiger partial charge in [-0.1, -0.05) is 27.7 Å². The van der Waals surface area contributed by atoms with Crippen LogP contribution in [0.2, 0.25) is 0 Å². The van der Waals surface area contributed by atoms with Gasteiger partial charge < -0.3 is 10.2 Å². The van der Waals surface area contributed by atoms with E-state index in [-0.39, 0.29) is 11.8 Å². The molecule has 0 saturated heterocycles. The first-order valence-corrected chi connectivity index (χ1v) is 6.79. The molecule has 1 fully saturated rings. The zero-order chi connectivity index (χ0) is 13.2. The topological polar surface area (TPSA) is 32.3 Å². The fourth-order valence-corrected chi connectivity index (χ4v) is 2.50. The van der Waals surface area contributed by atoms with Gasteiger partial charge >= 0.3 is 0 Å². The van der Waals surface area contributed by atoms with Gasteiger partial charge in [0.1, 0.15) is 0 Å². The Bertz CT molecular complexity index is 255. The number of hydrogen-bond donors (Lipinski definition) is 1. The third kappa shape index (κ3) is 3.70. The number of nitrogens with one attached hydrogen (secondary N) is 1. The third-order valence-corrected chi connectivity index (χ3v) is 3.94. The van der Waals surface area contributed by atoms with Crippen LogP contribution < -0.4 is 5.32 Å². The molecule has 1 atom stereocenters. The zero-order valence-corrected chi connectivity index (χ0v) is 12.2. The van der Waals surface area contributed by atoms with Crippen molar-refractivity contribution in [3.63, 3.8) is 0 Å². The summed E-state index contributed by atoms with van der Waals surface area (Å²) >= 11 is 0. The van der Waals surface area contributed by atoms with Crippen LogP contribution in [-0.4, -0.2) is 37.0 Å². The molecule has 100 valence electrons. The molecule has 1 rings (SSSR count). The standard InChI is InChI=1S/C14H28N2O/c1-9(2)13(15-14(17)10(3)4)11-7-12(8-11)16(5)6/h9-13H,7-8H2,1-6H3,(H,15,17)/t11-,12+,13-/m0/s1. The second-order valence-corrected chi connectivity index (χ2v) is 6.28. The Morgan fingerprint density at radius 3 is 2.06 bits per heavy atom. The number of hydrogen-bond acceptors (Lipinski definition) is 2. The van der Waals surface area contributed by atoms with Gasteiger partial charge in [0.15, 0.2) is 0 Å². The molecule has 17 heavy (non-hydrogen) atoms. The summed E-state index contributed by atoms with van der Waals surface area (Å²) in [5, 5.41) is 3.22. The van der Waals surface area contributed by atoms with Gasteiger partial charge in [0.25, 0.3) is 0 Å². The first-order chi connectivity index (χ1) is 7.82. The molecule has 0 aromatic rings. The summed E-state index contributed by atoms with van der Waals surface area (Å²) in [7, 11) is 4.27. The van der Waals surface area contributed by atoms with Crippen molar-refractivity contribution < 1.29 is 4.79 Å². The van der Waals surface area contributed by atoms with Crippen molar-refractivity contribution in [2.45, 2.75) is 52.6 Å². The molecule has 0 aromatic carbocycles. The predicted octanol–water partition coefficient (Wildman–Crippen LogP) is 2.12. The zero-order valence-electron chi connectivity index (χ0n) is 12.2. The SMILES string of the molecule is CC(C)C(=O)N[C@@H](C(C)C)[C@H]1C[C@@H](N(C)C)C1. The van der Waals surface area contributed by atoms with Gasteiger partial charge in [0, 0.05) is 18.0 Å². The third-order valence-electron chi connectivity index (χ3n) is 3.94. The molecule has 0 radical (unpaired) electrons. The maximum absolute atomic E-state index is 11.8. The molecule has 0 aliphatic heterocycles. The van der Waals surface area contributed by atoms with Crippen molar-refractivity contribution in [3.8, 4) is 0 Å². The molecule has 0 spiro atoms. The van der Waals surface area contributed by atoms with Crippen molar-refractivity contribution in [2.24, 2.45) is 17.8 Å². The van der Waals surface area contributed by atoms with E-state index >= 15 is 0 Å². The number of nitrogens with zero attached hydrogens (tertiary/aromatic N) is 1. The predicted molar refractivity (Wildman–Crippen MR) is 71.8 cm³/mol. The van der Waals surface area contributed by atoms with Gasteiger partial charge in [-0.2, -0.15) is 0 Å². The van der Waals surface area contributed by atoms with E-state index in [1.54, 1.807) is 0 Å². The Hall–Kier alpha value is -0.570. The van der Waals surface area contributed by atoms with Gasteiger partial charge in [0.2, 0.25) is 5.91 Å². The van der Waals surface area contributed by atoms with Crippen LogP contribution in [0.25, 0.3) is 0 Å². The second-order valence-electron chi connectivity index (χ2n) is 6.28. The van der Waals surface area contributed by atoms with Crippen LogP contribution in [0.5, 0.6) is 0 Å². The molecular formula is C14H28N2O. The number of carbonyl (C=O) groups is 1. The fourth-order valence-electron chi connectivity index (χ4n) is 2.50. The molecule has 0 unspecified atom stereocenters. The van der Waals surface area contributed by atoms with Crippen LogP contribution in [0.3, 0.4) is 0 Å². The molecule has 1 saturated carbocycles. The quantitative estimate of drug-likeness (QED) is 0.798. The van der Waals surface area contributed by atoms with Crippen molar-refractivity contribution >= 4 is 5.91 Å². The number of rotatable bonds is 5. The molecule has 1 amide bonds. The average molecular weight is 240 g/mol. The first kappa shape index (κ1) is 14.5. The molecule has 1 aliphatic carbocycles. The van der Waals surface area contributed by atoms with Gasteiger partial charge in [-0.15, -0.1) is 0 Å². The van der Waals surface area contributed by atoms with Crippen molar-refractivity contribution in [3.05, 3.63) is 0 Å². The Labute approximate surface area is 106 Å². The minimum Gasteiger partial charge on any atom is -0.353 e. The van der Waals surface area contributed by atoms with Gasteiger partial charge in [0.05, 0.1) is 0 Å². The highest BCUT2D eigenvalue weighted by Crippen LogP contribution is 2.35. The Balaban J connectivity index is 2.49. The Morgan fingerprint density at radius 1 is 1.18 bits per heavy atom. The molecule has 3 heteroatoms. The molecule has 0 bridgehead atoms. The van der Waals surface area contributed by atoms with Crippen molar-refractivity contribution in [2.75, 3.05) is 14.1 Å². The molecule has 0 aromatic heterocycles. The Morgan fingerprint density at radius 2 is 1.71 bits per heavy atom. The van der Waals surface area contributed by atoms with E-state index in [4.69, 9.17) is 0 Å². The minimum atomic E-state index is 0.0842. The summed E-state index contributed by atoms with van der Waals surface area (Å²) in [5.74, 6) is 1.45. The first-order valence-electron chi connectivity index (χ1n) is 6.79. The van der Waals surface area contributed by atoms with E-state index in [9.17, 15) is 4.79 Å². The van der Waals surface area contributed by atoms with E-state index in [2.05, 4.69) is 38.2 Å². The summed E-state index contributed by atoms with van der Waals surface area (Å²) in [4.78, 5) is 14.1. The lowest BCUT2D eigenvalue weighted by molar-refractivity contribution is -0.126. The maximum Gasteiger partial charge on any atom is 0.222 e. The number of amides is 1. The summed E-state index contributed by atoms with van der Waals surface area (Å²) in [6.07, 6.45) is 2.43. The fraction of sp³-hybridized carbons (Fsp3) is 0.929. The monoisotopic (exact) mass is 240 g/mol. The highest BCUT2D eigenvalue weighted by molar-refractivity contribution is 5.78. The van der Waals surface area contributed by atoms with Gasteiger partial charge in [-0.25, -0.2) is 0 Å². The molecule has 1 N–H and O–H groups in total. The highest BCUT2D eigenvalue weighted by Gasteiger charge is 2.38. The maximum atomic E-state index is 11.8. The van der Waals surface area contributed by atoms with E-state index in [1.165, 1.54) is 12.8 Å². The van der Waals surface area contributed by atoms with E-state index in [0.717, 1.165) is 0 Å². The van der Waals surface area contributed by atoms with Crippen LogP contribution in [-0.2, 0) is 4.79 Å². The second kappa shape index (κ2) is 5.85. The lowest BCUT2D eigenvalue weighted by Gasteiger charge is -2.45. The summed E-state index contributed by atoms with van der Waals surface area (Å²) < 4.78 is 0. The summed E-state index contributed by atoms with van der Waals surface area (Å²) in [6, 6.07) is 1.05. The van der Waals surface area contributed by atoms with Crippen LogP contribution in [0.4, 0.5) is 0 Å². The lowest BCUT2D eigenvalue weighted by atomic mass is 9.72. The summed E-state index contributed by atoms with van der Waals surface area (Å²) in [5.41, 5.74) is 0. The van der Waals surface area contributed by atoms with Crippen LogP contribution in [0, 0.1) is 17.8 Å². The largest absolute Gasteiger partial charge is 0.353 e.